The van der Waals surface area contributed by atoms with Crippen LogP contribution in [0.5, 0.6) is 0 Å². The van der Waals surface area contributed by atoms with Crippen LogP contribution in [0.15, 0.2) is 34.7 Å². The van der Waals surface area contributed by atoms with Crippen molar-refractivity contribution >= 4 is 5.97 Å². The van der Waals surface area contributed by atoms with E-state index in [1.807, 2.05) is 51.1 Å². The fourth-order valence-electron chi connectivity index (χ4n) is 2.24. The smallest absolute Gasteiger partial charge is 0.303 e. The lowest BCUT2D eigenvalue weighted by Crippen LogP contribution is -2.19. The summed E-state index contributed by atoms with van der Waals surface area (Å²) in [7, 11) is 0. The molecule has 1 aromatic carbocycles. The van der Waals surface area contributed by atoms with Crippen LogP contribution in [-0.4, -0.2) is 21.3 Å². The number of hydrogen-bond donors (Lipinski definition) is 1. The number of nitrogens with zero attached hydrogens (tertiary/aromatic N) is 2. The molecule has 5 nitrogen and oxygen atoms in total. The molecule has 0 amide bonds. The minimum Gasteiger partial charge on any atom is -0.481 e. The standard InChI is InChI=1S/C16H20N2O3/c1-11(10-14(19)20)9-13-17-18-15(21-13)16(2,3)12-7-5-4-6-8-12/h4-8,11H,9-10H2,1-3H3,(H,19,20). The normalized spacial score (nSPS) is 13.1. The summed E-state index contributed by atoms with van der Waals surface area (Å²) in [4.78, 5) is 10.7. The third-order valence-electron chi connectivity index (χ3n) is 3.54. The van der Waals surface area contributed by atoms with E-state index in [1.54, 1.807) is 0 Å². The second kappa shape index (κ2) is 6.08. The van der Waals surface area contributed by atoms with Crippen molar-refractivity contribution in [2.75, 3.05) is 0 Å². The third kappa shape index (κ3) is 3.68. The van der Waals surface area contributed by atoms with Gasteiger partial charge in [0, 0.05) is 12.8 Å². The molecule has 0 bridgehead atoms. The highest BCUT2D eigenvalue weighted by molar-refractivity contribution is 5.66. The van der Waals surface area contributed by atoms with Gasteiger partial charge in [-0.2, -0.15) is 0 Å². The van der Waals surface area contributed by atoms with E-state index in [0.29, 0.717) is 18.2 Å². The quantitative estimate of drug-likeness (QED) is 0.884. The Hall–Kier alpha value is -2.17. The number of aliphatic carboxylic acids is 1. The van der Waals surface area contributed by atoms with Crippen LogP contribution in [0.3, 0.4) is 0 Å². The fraction of sp³-hybridized carbons (Fsp3) is 0.438. The molecule has 0 spiro atoms. The molecule has 2 rings (SSSR count). The molecule has 21 heavy (non-hydrogen) atoms. The number of carboxylic acid groups (broad SMARTS) is 1. The van der Waals surface area contributed by atoms with Crippen LogP contribution in [0.25, 0.3) is 0 Å². The zero-order valence-corrected chi connectivity index (χ0v) is 12.5. The molecule has 0 fully saturated rings. The first-order chi connectivity index (χ1) is 9.89. The molecule has 0 aliphatic rings. The van der Waals surface area contributed by atoms with Gasteiger partial charge in [0.1, 0.15) is 0 Å². The summed E-state index contributed by atoms with van der Waals surface area (Å²) in [5.41, 5.74) is 0.724. The second-order valence-corrected chi connectivity index (χ2v) is 5.90. The summed E-state index contributed by atoms with van der Waals surface area (Å²) in [6.07, 6.45) is 0.573. The minimum atomic E-state index is -0.813. The summed E-state index contributed by atoms with van der Waals surface area (Å²) in [6.45, 7) is 5.92. The molecule has 1 N–H and O–H groups in total. The first kappa shape index (κ1) is 15.2. The van der Waals surface area contributed by atoms with Gasteiger partial charge in [-0.25, -0.2) is 0 Å². The Labute approximate surface area is 124 Å². The van der Waals surface area contributed by atoms with Crippen molar-refractivity contribution < 1.29 is 14.3 Å². The number of carboxylic acids is 1. The van der Waals surface area contributed by atoms with E-state index in [9.17, 15) is 4.79 Å². The average Bonchev–Trinajstić information content (AvgIpc) is 2.88. The lowest BCUT2D eigenvalue weighted by Gasteiger charge is -2.20. The third-order valence-corrected chi connectivity index (χ3v) is 3.54. The van der Waals surface area contributed by atoms with E-state index in [1.165, 1.54) is 0 Å². The first-order valence-electron chi connectivity index (χ1n) is 6.99. The lowest BCUT2D eigenvalue weighted by atomic mass is 9.85. The van der Waals surface area contributed by atoms with Gasteiger partial charge in [0.15, 0.2) is 0 Å². The van der Waals surface area contributed by atoms with Crippen molar-refractivity contribution in [1.29, 1.82) is 0 Å². The highest BCUT2D eigenvalue weighted by atomic mass is 16.4. The summed E-state index contributed by atoms with van der Waals surface area (Å²) in [6, 6.07) is 9.97. The fourth-order valence-corrected chi connectivity index (χ4v) is 2.24. The molecule has 0 radical (unpaired) electrons. The van der Waals surface area contributed by atoms with Crippen LogP contribution in [0, 0.1) is 5.92 Å². The van der Waals surface area contributed by atoms with Gasteiger partial charge in [-0.1, -0.05) is 37.3 Å². The SMILES string of the molecule is CC(CC(=O)O)Cc1nnc(C(C)(C)c2ccccc2)o1. The minimum absolute atomic E-state index is 0.0318. The van der Waals surface area contributed by atoms with Crippen LogP contribution in [-0.2, 0) is 16.6 Å². The van der Waals surface area contributed by atoms with Crippen molar-refractivity contribution in [1.82, 2.24) is 10.2 Å². The molecule has 1 aromatic heterocycles. The second-order valence-electron chi connectivity index (χ2n) is 5.90. The van der Waals surface area contributed by atoms with E-state index in [-0.39, 0.29) is 17.8 Å². The molecular formula is C16H20N2O3. The maximum Gasteiger partial charge on any atom is 0.303 e. The van der Waals surface area contributed by atoms with E-state index in [0.717, 1.165) is 5.56 Å². The van der Waals surface area contributed by atoms with Gasteiger partial charge in [0.2, 0.25) is 11.8 Å². The summed E-state index contributed by atoms with van der Waals surface area (Å²) >= 11 is 0. The molecule has 0 aliphatic carbocycles. The van der Waals surface area contributed by atoms with E-state index in [4.69, 9.17) is 9.52 Å². The van der Waals surface area contributed by atoms with Crippen molar-refractivity contribution in [2.24, 2.45) is 5.92 Å². The molecule has 5 heteroatoms. The first-order valence-corrected chi connectivity index (χ1v) is 6.99. The molecule has 2 aromatic rings. The zero-order chi connectivity index (χ0) is 15.5. The van der Waals surface area contributed by atoms with Crippen molar-refractivity contribution in [3.05, 3.63) is 47.7 Å². The van der Waals surface area contributed by atoms with Gasteiger partial charge in [-0.05, 0) is 25.3 Å². The molecular weight excluding hydrogens is 268 g/mol. The molecule has 0 aliphatic heterocycles. The van der Waals surface area contributed by atoms with Gasteiger partial charge in [-0.15, -0.1) is 10.2 Å². The number of aromatic nitrogens is 2. The topological polar surface area (TPSA) is 76.2 Å². The number of rotatable bonds is 6. The van der Waals surface area contributed by atoms with Gasteiger partial charge >= 0.3 is 5.97 Å². The Morgan fingerprint density at radius 2 is 1.95 bits per heavy atom. The van der Waals surface area contributed by atoms with Crippen molar-refractivity contribution in [2.45, 2.75) is 39.0 Å². The zero-order valence-electron chi connectivity index (χ0n) is 12.5. The highest BCUT2D eigenvalue weighted by Gasteiger charge is 2.29. The predicted molar refractivity (Wildman–Crippen MR) is 78.0 cm³/mol. The molecule has 0 saturated carbocycles. The van der Waals surface area contributed by atoms with Crippen LogP contribution in [0.1, 0.15) is 44.5 Å². The van der Waals surface area contributed by atoms with Gasteiger partial charge < -0.3 is 9.52 Å². The van der Waals surface area contributed by atoms with E-state index < -0.39 is 5.97 Å². The molecule has 1 atom stereocenters. The maximum absolute atomic E-state index is 10.7. The summed E-state index contributed by atoms with van der Waals surface area (Å²) in [5, 5.41) is 17.0. The number of hydrogen-bond acceptors (Lipinski definition) is 4. The van der Waals surface area contributed by atoms with Crippen molar-refractivity contribution in [3.8, 4) is 0 Å². The molecule has 1 heterocycles. The van der Waals surface area contributed by atoms with Gasteiger partial charge in [-0.3, -0.25) is 4.79 Å². The Kier molecular flexibility index (Phi) is 4.40. The summed E-state index contributed by atoms with van der Waals surface area (Å²) < 4.78 is 5.74. The number of carbonyl (C=O) groups is 1. The van der Waals surface area contributed by atoms with Crippen LogP contribution in [0.4, 0.5) is 0 Å². The van der Waals surface area contributed by atoms with Crippen LogP contribution in [0.2, 0.25) is 0 Å². The largest absolute Gasteiger partial charge is 0.481 e. The monoisotopic (exact) mass is 288 g/mol. The molecule has 0 saturated heterocycles. The summed E-state index contributed by atoms with van der Waals surface area (Å²) in [5.74, 6) is 0.191. The van der Waals surface area contributed by atoms with Gasteiger partial charge in [0.25, 0.3) is 0 Å². The molecule has 112 valence electrons. The van der Waals surface area contributed by atoms with E-state index >= 15 is 0 Å². The average molecular weight is 288 g/mol. The predicted octanol–water partition coefficient (Wildman–Crippen LogP) is 3.05. The Bertz CT molecular complexity index is 605. The number of benzene rings is 1. The van der Waals surface area contributed by atoms with Crippen LogP contribution >= 0.6 is 0 Å². The highest BCUT2D eigenvalue weighted by Crippen LogP contribution is 2.30. The Morgan fingerprint density at radius 3 is 2.57 bits per heavy atom. The Morgan fingerprint density at radius 1 is 1.29 bits per heavy atom. The Balaban J connectivity index is 2.14. The lowest BCUT2D eigenvalue weighted by molar-refractivity contribution is -0.137. The van der Waals surface area contributed by atoms with Crippen LogP contribution < -0.4 is 0 Å². The van der Waals surface area contributed by atoms with Gasteiger partial charge in [0.05, 0.1) is 5.41 Å². The van der Waals surface area contributed by atoms with Crippen molar-refractivity contribution in [3.63, 3.8) is 0 Å². The van der Waals surface area contributed by atoms with E-state index in [2.05, 4.69) is 10.2 Å². The maximum atomic E-state index is 10.7. The molecule has 1 unspecified atom stereocenters.